The quantitative estimate of drug-likeness (QED) is 0.704. The summed E-state index contributed by atoms with van der Waals surface area (Å²) in [6.07, 6.45) is 1.49. The normalized spacial score (nSPS) is 10.3. The Morgan fingerprint density at radius 2 is 2.08 bits per heavy atom. The van der Waals surface area contributed by atoms with Gasteiger partial charge in [-0.2, -0.15) is 0 Å². The van der Waals surface area contributed by atoms with Crippen molar-refractivity contribution in [1.82, 2.24) is 9.13 Å². The SMILES string of the molecule is CCn1cc(C(N)=O)n(CC)c1=O. The molecule has 13 heavy (non-hydrogen) atoms. The zero-order valence-electron chi connectivity index (χ0n) is 7.78. The first-order valence-electron chi connectivity index (χ1n) is 4.21. The summed E-state index contributed by atoms with van der Waals surface area (Å²) in [6.45, 7) is 4.65. The molecule has 1 amide bonds. The summed E-state index contributed by atoms with van der Waals surface area (Å²) in [7, 11) is 0. The molecule has 0 radical (unpaired) electrons. The minimum absolute atomic E-state index is 0.182. The van der Waals surface area contributed by atoms with Crippen molar-refractivity contribution in [2.75, 3.05) is 0 Å². The smallest absolute Gasteiger partial charge is 0.328 e. The lowest BCUT2D eigenvalue weighted by molar-refractivity contribution is 0.0991. The molecule has 5 heteroatoms. The Bertz CT molecular complexity index is 375. The van der Waals surface area contributed by atoms with E-state index in [1.807, 2.05) is 6.92 Å². The molecule has 0 bridgehead atoms. The first-order valence-corrected chi connectivity index (χ1v) is 4.21. The van der Waals surface area contributed by atoms with Crippen molar-refractivity contribution in [2.24, 2.45) is 5.73 Å². The molecule has 0 aliphatic heterocycles. The van der Waals surface area contributed by atoms with Gasteiger partial charge in [-0.15, -0.1) is 0 Å². The summed E-state index contributed by atoms with van der Waals surface area (Å²) >= 11 is 0. The average molecular weight is 183 g/mol. The minimum atomic E-state index is -0.564. The number of aryl methyl sites for hydroxylation is 1. The summed E-state index contributed by atoms with van der Waals surface area (Å²) < 4.78 is 2.83. The van der Waals surface area contributed by atoms with Crippen molar-refractivity contribution < 1.29 is 4.79 Å². The first-order chi connectivity index (χ1) is 6.11. The second kappa shape index (κ2) is 3.47. The molecule has 5 nitrogen and oxygen atoms in total. The maximum Gasteiger partial charge on any atom is 0.328 e. The van der Waals surface area contributed by atoms with Crippen LogP contribution in [-0.4, -0.2) is 15.0 Å². The number of hydrogen-bond donors (Lipinski definition) is 1. The van der Waals surface area contributed by atoms with Gasteiger partial charge in [-0.25, -0.2) is 4.79 Å². The van der Waals surface area contributed by atoms with Crippen LogP contribution in [0.15, 0.2) is 11.0 Å². The molecule has 1 heterocycles. The van der Waals surface area contributed by atoms with Crippen LogP contribution in [0.1, 0.15) is 24.3 Å². The molecule has 0 unspecified atom stereocenters. The summed E-state index contributed by atoms with van der Waals surface area (Å²) in [5.41, 5.74) is 5.21. The third-order valence-electron chi connectivity index (χ3n) is 1.95. The monoisotopic (exact) mass is 183 g/mol. The van der Waals surface area contributed by atoms with Crippen LogP contribution in [0, 0.1) is 0 Å². The molecular formula is C8H13N3O2. The highest BCUT2D eigenvalue weighted by Gasteiger charge is 2.12. The van der Waals surface area contributed by atoms with Gasteiger partial charge in [0.2, 0.25) is 0 Å². The van der Waals surface area contributed by atoms with E-state index in [1.165, 1.54) is 15.3 Å². The number of carbonyl (C=O) groups excluding carboxylic acids is 1. The fourth-order valence-electron chi connectivity index (χ4n) is 1.26. The molecule has 1 aromatic rings. The van der Waals surface area contributed by atoms with Gasteiger partial charge in [-0.1, -0.05) is 0 Å². The number of carbonyl (C=O) groups is 1. The number of hydrogen-bond acceptors (Lipinski definition) is 2. The number of amides is 1. The molecule has 0 aromatic carbocycles. The predicted molar refractivity (Wildman–Crippen MR) is 48.6 cm³/mol. The summed E-state index contributed by atoms with van der Waals surface area (Å²) in [6, 6.07) is 0. The van der Waals surface area contributed by atoms with E-state index >= 15 is 0 Å². The third-order valence-corrected chi connectivity index (χ3v) is 1.95. The third kappa shape index (κ3) is 1.49. The zero-order valence-corrected chi connectivity index (χ0v) is 7.78. The topological polar surface area (TPSA) is 70.0 Å². The summed E-state index contributed by atoms with van der Waals surface area (Å²) in [4.78, 5) is 22.4. The van der Waals surface area contributed by atoms with E-state index in [9.17, 15) is 9.59 Å². The van der Waals surface area contributed by atoms with Crippen molar-refractivity contribution in [3.8, 4) is 0 Å². The Kier molecular flexibility index (Phi) is 2.55. The maximum absolute atomic E-state index is 11.5. The van der Waals surface area contributed by atoms with Crippen LogP contribution in [0.5, 0.6) is 0 Å². The van der Waals surface area contributed by atoms with E-state index in [4.69, 9.17) is 5.73 Å². The standard InChI is InChI=1S/C8H13N3O2/c1-3-10-5-6(7(9)12)11(4-2)8(10)13/h5H,3-4H2,1-2H3,(H2,9,12). The van der Waals surface area contributed by atoms with Crippen LogP contribution in [0.2, 0.25) is 0 Å². The molecule has 0 saturated carbocycles. The Labute approximate surface area is 75.8 Å². The molecule has 2 N–H and O–H groups in total. The van der Waals surface area contributed by atoms with Gasteiger partial charge >= 0.3 is 5.69 Å². The van der Waals surface area contributed by atoms with Crippen molar-refractivity contribution >= 4 is 5.91 Å². The van der Waals surface area contributed by atoms with Gasteiger partial charge < -0.3 is 5.73 Å². The molecule has 0 fully saturated rings. The number of imidazole rings is 1. The van der Waals surface area contributed by atoms with E-state index in [2.05, 4.69) is 0 Å². The number of primary amides is 1. The molecule has 1 aromatic heterocycles. The van der Waals surface area contributed by atoms with Crippen LogP contribution < -0.4 is 11.4 Å². The molecule has 0 atom stereocenters. The number of nitrogens with zero attached hydrogens (tertiary/aromatic N) is 2. The van der Waals surface area contributed by atoms with Crippen molar-refractivity contribution in [3.05, 3.63) is 22.4 Å². The maximum atomic E-state index is 11.5. The van der Waals surface area contributed by atoms with Crippen molar-refractivity contribution in [2.45, 2.75) is 26.9 Å². The Morgan fingerprint density at radius 1 is 1.46 bits per heavy atom. The first kappa shape index (κ1) is 9.57. The average Bonchev–Trinajstić information content (AvgIpc) is 2.42. The van der Waals surface area contributed by atoms with Gasteiger partial charge in [0, 0.05) is 19.3 Å². The predicted octanol–water partition coefficient (Wildman–Crippen LogP) is -0.212. The van der Waals surface area contributed by atoms with Crippen molar-refractivity contribution in [3.63, 3.8) is 0 Å². The lowest BCUT2D eigenvalue weighted by atomic mass is 10.4. The Morgan fingerprint density at radius 3 is 2.38 bits per heavy atom. The van der Waals surface area contributed by atoms with E-state index < -0.39 is 5.91 Å². The molecule has 0 aliphatic carbocycles. The van der Waals surface area contributed by atoms with Gasteiger partial charge in [0.05, 0.1) is 0 Å². The molecule has 0 saturated heterocycles. The highest BCUT2D eigenvalue weighted by Crippen LogP contribution is 1.96. The zero-order chi connectivity index (χ0) is 10.0. The van der Waals surface area contributed by atoms with Crippen LogP contribution in [0.3, 0.4) is 0 Å². The summed E-state index contributed by atoms with van der Waals surface area (Å²) in [5, 5.41) is 0. The van der Waals surface area contributed by atoms with E-state index in [0.29, 0.717) is 13.1 Å². The van der Waals surface area contributed by atoms with E-state index in [0.717, 1.165) is 0 Å². The second-order valence-corrected chi connectivity index (χ2v) is 2.69. The Balaban J connectivity index is 3.36. The van der Waals surface area contributed by atoms with E-state index in [-0.39, 0.29) is 11.4 Å². The van der Waals surface area contributed by atoms with Gasteiger partial charge in [0.1, 0.15) is 5.69 Å². The molecule has 1 rings (SSSR count). The highest BCUT2D eigenvalue weighted by molar-refractivity contribution is 5.90. The van der Waals surface area contributed by atoms with Gasteiger partial charge in [-0.05, 0) is 13.8 Å². The largest absolute Gasteiger partial charge is 0.364 e. The van der Waals surface area contributed by atoms with Crippen molar-refractivity contribution in [1.29, 1.82) is 0 Å². The van der Waals surface area contributed by atoms with Gasteiger partial charge in [0.25, 0.3) is 5.91 Å². The van der Waals surface area contributed by atoms with Crippen LogP contribution in [0.4, 0.5) is 0 Å². The van der Waals surface area contributed by atoms with Crippen LogP contribution >= 0.6 is 0 Å². The molecule has 0 spiro atoms. The fraction of sp³-hybridized carbons (Fsp3) is 0.500. The fourth-order valence-corrected chi connectivity index (χ4v) is 1.26. The highest BCUT2D eigenvalue weighted by atomic mass is 16.2. The minimum Gasteiger partial charge on any atom is -0.364 e. The molecule has 0 aliphatic rings. The van der Waals surface area contributed by atoms with Crippen LogP contribution in [0.25, 0.3) is 0 Å². The second-order valence-electron chi connectivity index (χ2n) is 2.69. The number of aromatic nitrogens is 2. The number of nitrogens with two attached hydrogens (primary N) is 1. The lowest BCUT2D eigenvalue weighted by Crippen LogP contribution is -2.26. The molecule has 72 valence electrons. The summed E-state index contributed by atoms with van der Waals surface area (Å²) in [5.74, 6) is -0.564. The van der Waals surface area contributed by atoms with Crippen LogP contribution in [-0.2, 0) is 13.1 Å². The van der Waals surface area contributed by atoms with Gasteiger partial charge in [0.15, 0.2) is 0 Å². The number of rotatable bonds is 3. The van der Waals surface area contributed by atoms with E-state index in [1.54, 1.807) is 6.92 Å². The lowest BCUT2D eigenvalue weighted by Gasteiger charge is -1.97. The Hall–Kier alpha value is -1.52. The van der Waals surface area contributed by atoms with Gasteiger partial charge in [-0.3, -0.25) is 13.9 Å². The molecular weight excluding hydrogens is 170 g/mol.